The molecular formula is C22H21N5O2S2. The number of anilines is 2. The number of carbonyl (C=O) groups excluding carboxylic acids is 1. The third-order valence-electron chi connectivity index (χ3n) is 4.84. The van der Waals surface area contributed by atoms with Crippen LogP contribution in [0.5, 0.6) is 11.5 Å². The summed E-state index contributed by atoms with van der Waals surface area (Å²) in [7, 11) is 0. The molecule has 1 aromatic heterocycles. The average Bonchev–Trinajstić information content (AvgIpc) is 3.55. The van der Waals surface area contributed by atoms with Crippen LogP contribution in [0.4, 0.5) is 10.8 Å². The summed E-state index contributed by atoms with van der Waals surface area (Å²) in [6.45, 7) is 1.79. The molecule has 2 aromatic carbocycles. The number of amides is 1. The van der Waals surface area contributed by atoms with Gasteiger partial charge in [0.25, 0.3) is 0 Å². The SMILES string of the molecule is CC(C#N)(NC(=O)CSc1nnc(Nc2ccc(Oc3ccccc3)cc2)s1)C1CC1. The first kappa shape index (κ1) is 21.2. The Morgan fingerprint density at radius 1 is 1.19 bits per heavy atom. The van der Waals surface area contributed by atoms with E-state index in [1.807, 2.05) is 54.6 Å². The number of nitriles is 1. The number of hydrogen-bond acceptors (Lipinski definition) is 8. The highest BCUT2D eigenvalue weighted by atomic mass is 32.2. The smallest absolute Gasteiger partial charge is 0.231 e. The summed E-state index contributed by atoms with van der Waals surface area (Å²) in [6, 6.07) is 19.4. The summed E-state index contributed by atoms with van der Waals surface area (Å²) in [5, 5.41) is 24.3. The fourth-order valence-electron chi connectivity index (χ4n) is 3.01. The Morgan fingerprint density at radius 2 is 1.90 bits per heavy atom. The zero-order valence-electron chi connectivity index (χ0n) is 16.9. The van der Waals surface area contributed by atoms with E-state index in [1.165, 1.54) is 23.1 Å². The fraction of sp³-hybridized carbons (Fsp3) is 0.273. The lowest BCUT2D eigenvalue weighted by molar-refractivity contribution is -0.119. The Kier molecular flexibility index (Phi) is 6.39. The molecule has 0 aliphatic heterocycles. The fourth-order valence-corrected chi connectivity index (χ4v) is 4.58. The Hall–Kier alpha value is -3.09. The molecule has 158 valence electrons. The number of thioether (sulfide) groups is 1. The van der Waals surface area contributed by atoms with Crippen molar-refractivity contribution in [2.45, 2.75) is 29.6 Å². The molecule has 0 bridgehead atoms. The molecule has 1 aliphatic rings. The molecule has 7 nitrogen and oxygen atoms in total. The van der Waals surface area contributed by atoms with Crippen LogP contribution in [0.15, 0.2) is 58.9 Å². The highest BCUT2D eigenvalue weighted by Gasteiger charge is 2.42. The lowest BCUT2D eigenvalue weighted by Crippen LogP contribution is -2.47. The van der Waals surface area contributed by atoms with E-state index >= 15 is 0 Å². The molecule has 1 heterocycles. The van der Waals surface area contributed by atoms with Crippen LogP contribution < -0.4 is 15.4 Å². The molecule has 1 amide bonds. The van der Waals surface area contributed by atoms with Crippen LogP contribution in [0.2, 0.25) is 0 Å². The van der Waals surface area contributed by atoms with E-state index in [9.17, 15) is 10.1 Å². The van der Waals surface area contributed by atoms with E-state index in [1.54, 1.807) is 6.92 Å². The maximum absolute atomic E-state index is 12.2. The Morgan fingerprint density at radius 3 is 2.58 bits per heavy atom. The molecule has 0 radical (unpaired) electrons. The van der Waals surface area contributed by atoms with Crippen molar-refractivity contribution in [3.8, 4) is 17.6 Å². The predicted octanol–water partition coefficient (Wildman–Crippen LogP) is 4.97. The van der Waals surface area contributed by atoms with Crippen LogP contribution in [0.25, 0.3) is 0 Å². The van der Waals surface area contributed by atoms with Crippen molar-refractivity contribution in [1.82, 2.24) is 15.5 Å². The van der Waals surface area contributed by atoms with Gasteiger partial charge in [0.05, 0.1) is 11.8 Å². The minimum absolute atomic E-state index is 0.167. The number of nitrogens with one attached hydrogen (secondary N) is 2. The normalized spacial score (nSPS) is 14.8. The third kappa shape index (κ3) is 5.75. The maximum Gasteiger partial charge on any atom is 0.231 e. The molecule has 1 saturated carbocycles. The molecule has 1 unspecified atom stereocenters. The van der Waals surface area contributed by atoms with Crippen molar-refractivity contribution < 1.29 is 9.53 Å². The van der Waals surface area contributed by atoms with Gasteiger partial charge in [-0.05, 0) is 62.1 Å². The van der Waals surface area contributed by atoms with Gasteiger partial charge in [0, 0.05) is 5.69 Å². The molecule has 31 heavy (non-hydrogen) atoms. The van der Waals surface area contributed by atoms with E-state index in [-0.39, 0.29) is 17.6 Å². The van der Waals surface area contributed by atoms with Crippen molar-refractivity contribution in [1.29, 1.82) is 5.26 Å². The van der Waals surface area contributed by atoms with Crippen molar-refractivity contribution in [3.05, 3.63) is 54.6 Å². The lowest BCUT2D eigenvalue weighted by atomic mass is 9.98. The second-order valence-corrected chi connectivity index (χ2v) is 9.56. The quantitative estimate of drug-likeness (QED) is 0.443. The zero-order valence-corrected chi connectivity index (χ0v) is 18.5. The Bertz CT molecular complexity index is 1080. The van der Waals surface area contributed by atoms with Crippen LogP contribution in [0.3, 0.4) is 0 Å². The summed E-state index contributed by atoms with van der Waals surface area (Å²) < 4.78 is 6.48. The number of para-hydroxylation sites is 1. The highest BCUT2D eigenvalue weighted by molar-refractivity contribution is 8.01. The number of hydrogen-bond donors (Lipinski definition) is 2. The van der Waals surface area contributed by atoms with Gasteiger partial charge in [-0.3, -0.25) is 4.79 Å². The molecule has 9 heteroatoms. The van der Waals surface area contributed by atoms with Gasteiger partial charge in [-0.25, -0.2) is 0 Å². The largest absolute Gasteiger partial charge is 0.457 e. The van der Waals surface area contributed by atoms with Crippen LogP contribution in [0.1, 0.15) is 19.8 Å². The number of benzene rings is 2. The predicted molar refractivity (Wildman–Crippen MR) is 122 cm³/mol. The number of nitrogens with zero attached hydrogens (tertiary/aromatic N) is 3. The van der Waals surface area contributed by atoms with Crippen molar-refractivity contribution in [2.24, 2.45) is 5.92 Å². The van der Waals surface area contributed by atoms with Gasteiger partial charge >= 0.3 is 0 Å². The van der Waals surface area contributed by atoms with Gasteiger partial charge in [0.15, 0.2) is 4.34 Å². The third-order valence-corrected chi connectivity index (χ3v) is 6.81. The van der Waals surface area contributed by atoms with Crippen molar-refractivity contribution >= 4 is 39.8 Å². The van der Waals surface area contributed by atoms with E-state index in [4.69, 9.17) is 4.74 Å². The van der Waals surface area contributed by atoms with E-state index in [0.29, 0.717) is 9.47 Å². The second kappa shape index (κ2) is 9.37. The highest BCUT2D eigenvalue weighted by Crippen LogP contribution is 2.39. The first-order valence-electron chi connectivity index (χ1n) is 9.83. The summed E-state index contributed by atoms with van der Waals surface area (Å²) in [6.07, 6.45) is 1.98. The monoisotopic (exact) mass is 451 g/mol. The minimum atomic E-state index is -0.776. The van der Waals surface area contributed by atoms with E-state index in [0.717, 1.165) is 30.0 Å². The zero-order chi connectivity index (χ0) is 21.7. The number of rotatable bonds is 9. The van der Waals surface area contributed by atoms with E-state index in [2.05, 4.69) is 26.9 Å². The minimum Gasteiger partial charge on any atom is -0.457 e. The Labute approximate surface area is 188 Å². The summed E-state index contributed by atoms with van der Waals surface area (Å²) in [5.41, 5.74) is 0.0853. The average molecular weight is 452 g/mol. The number of ether oxygens (including phenoxy) is 1. The first-order chi connectivity index (χ1) is 15.0. The molecule has 0 spiro atoms. The van der Waals surface area contributed by atoms with Crippen LogP contribution >= 0.6 is 23.1 Å². The molecule has 4 rings (SSSR count). The van der Waals surface area contributed by atoms with Gasteiger partial charge in [-0.2, -0.15) is 5.26 Å². The molecule has 1 fully saturated rings. The van der Waals surface area contributed by atoms with Gasteiger partial charge in [-0.1, -0.05) is 41.3 Å². The second-order valence-electron chi connectivity index (χ2n) is 7.36. The molecule has 1 atom stereocenters. The van der Waals surface area contributed by atoms with Gasteiger partial charge < -0.3 is 15.4 Å². The molecular weight excluding hydrogens is 430 g/mol. The van der Waals surface area contributed by atoms with Crippen molar-refractivity contribution in [2.75, 3.05) is 11.1 Å². The van der Waals surface area contributed by atoms with Crippen LogP contribution in [-0.4, -0.2) is 27.4 Å². The topological polar surface area (TPSA) is 99.9 Å². The first-order valence-corrected chi connectivity index (χ1v) is 11.6. The number of aromatic nitrogens is 2. The standard InChI is InChI=1S/C22H21N5O2S2/c1-22(14-23,15-7-8-15)25-19(28)13-30-21-27-26-20(31-21)24-16-9-11-18(12-10-16)29-17-5-3-2-4-6-17/h2-6,9-12,15H,7-8,13H2,1H3,(H,24,26)(H,25,28). The molecule has 1 aliphatic carbocycles. The Balaban J connectivity index is 1.27. The molecule has 0 saturated heterocycles. The summed E-state index contributed by atoms with van der Waals surface area (Å²) >= 11 is 2.68. The maximum atomic E-state index is 12.2. The van der Waals surface area contributed by atoms with E-state index < -0.39 is 5.54 Å². The molecule has 3 aromatic rings. The van der Waals surface area contributed by atoms with Gasteiger partial charge in [0.2, 0.25) is 11.0 Å². The van der Waals surface area contributed by atoms with Crippen molar-refractivity contribution in [3.63, 3.8) is 0 Å². The van der Waals surface area contributed by atoms with Crippen LogP contribution in [0, 0.1) is 17.2 Å². The lowest BCUT2D eigenvalue weighted by Gasteiger charge is -2.22. The molecule has 2 N–H and O–H groups in total. The van der Waals surface area contributed by atoms with Gasteiger partial charge in [0.1, 0.15) is 17.0 Å². The summed E-state index contributed by atoms with van der Waals surface area (Å²) in [4.78, 5) is 12.2. The summed E-state index contributed by atoms with van der Waals surface area (Å²) in [5.74, 6) is 1.81. The van der Waals surface area contributed by atoms with Gasteiger partial charge in [-0.15, -0.1) is 10.2 Å². The number of carbonyl (C=O) groups is 1. The van der Waals surface area contributed by atoms with Crippen LogP contribution in [-0.2, 0) is 4.79 Å².